The van der Waals surface area contributed by atoms with Crippen molar-refractivity contribution in [3.05, 3.63) is 0 Å². The molecule has 2 atom stereocenters. The summed E-state index contributed by atoms with van der Waals surface area (Å²) in [5.74, 6) is -0.995. The Morgan fingerprint density at radius 2 is 1.70 bits per heavy atom. The summed E-state index contributed by atoms with van der Waals surface area (Å²) >= 11 is 0. The van der Waals surface area contributed by atoms with Crippen LogP contribution in [0, 0.1) is 0 Å². The van der Waals surface area contributed by atoms with Crippen LogP contribution in [0.3, 0.4) is 0 Å². The summed E-state index contributed by atoms with van der Waals surface area (Å²) in [5, 5.41) is 9.01. The highest BCUT2D eigenvalue weighted by Gasteiger charge is 2.29. The third-order valence-electron chi connectivity index (χ3n) is 4.26. The van der Waals surface area contributed by atoms with Crippen molar-refractivity contribution in [2.45, 2.75) is 65.0 Å². The summed E-state index contributed by atoms with van der Waals surface area (Å²) in [4.78, 5) is 27.3. The fourth-order valence-electron chi connectivity index (χ4n) is 2.70. The van der Waals surface area contributed by atoms with Gasteiger partial charge in [0.2, 0.25) is 5.91 Å². The first-order valence-electron chi connectivity index (χ1n) is 7.73. The Bertz CT molecular complexity index is 325. The Kier molecular flexibility index (Phi) is 6.99. The van der Waals surface area contributed by atoms with Crippen LogP contribution in [0.15, 0.2) is 0 Å². The zero-order valence-electron chi connectivity index (χ0n) is 13.0. The molecule has 1 aliphatic rings. The highest BCUT2D eigenvalue weighted by Crippen LogP contribution is 2.15. The van der Waals surface area contributed by atoms with E-state index in [0.29, 0.717) is 0 Å². The number of amides is 1. The minimum absolute atomic E-state index is 0.0342. The van der Waals surface area contributed by atoms with Crippen LogP contribution in [0.4, 0.5) is 0 Å². The first kappa shape index (κ1) is 17.0. The van der Waals surface area contributed by atoms with Crippen LogP contribution in [0.5, 0.6) is 0 Å². The minimum Gasteiger partial charge on any atom is -0.480 e. The van der Waals surface area contributed by atoms with E-state index in [0.717, 1.165) is 32.4 Å². The van der Waals surface area contributed by atoms with E-state index in [4.69, 9.17) is 5.11 Å². The number of carboxylic acid groups (broad SMARTS) is 1. The zero-order valence-corrected chi connectivity index (χ0v) is 13.0. The number of hydrogen-bond donors (Lipinski definition) is 1. The molecule has 1 heterocycles. The third kappa shape index (κ3) is 4.78. The fourth-order valence-corrected chi connectivity index (χ4v) is 2.70. The van der Waals surface area contributed by atoms with Gasteiger partial charge in [0.1, 0.15) is 6.54 Å². The van der Waals surface area contributed by atoms with E-state index in [2.05, 4.69) is 4.90 Å². The quantitative estimate of drug-likeness (QED) is 0.810. The Hall–Kier alpha value is -1.10. The zero-order chi connectivity index (χ0) is 15.1. The standard InChI is InChI=1S/C15H28N2O3/c1-4-12(2)17(11-14(18)19)15(20)13(3)16-9-7-5-6-8-10-16/h12-13H,4-11H2,1-3H3,(H,18,19)/t12-,13+/m0/s1. The molecule has 5 nitrogen and oxygen atoms in total. The normalized spacial score (nSPS) is 19.9. The Morgan fingerprint density at radius 1 is 1.15 bits per heavy atom. The SMILES string of the molecule is CC[C@H](C)N(CC(=O)O)C(=O)[C@@H](C)N1CCCCCC1. The molecule has 1 aliphatic heterocycles. The van der Waals surface area contributed by atoms with Crippen molar-refractivity contribution in [3.8, 4) is 0 Å². The van der Waals surface area contributed by atoms with Gasteiger partial charge in [-0.15, -0.1) is 0 Å². The Labute approximate surface area is 121 Å². The van der Waals surface area contributed by atoms with Gasteiger partial charge in [0.05, 0.1) is 6.04 Å². The van der Waals surface area contributed by atoms with Gasteiger partial charge in [0.15, 0.2) is 0 Å². The van der Waals surface area contributed by atoms with Crippen LogP contribution in [-0.4, -0.2) is 58.5 Å². The topological polar surface area (TPSA) is 60.9 Å². The van der Waals surface area contributed by atoms with Crippen molar-refractivity contribution in [2.24, 2.45) is 0 Å². The molecule has 5 heteroatoms. The number of likely N-dealkylation sites (tertiary alicyclic amines) is 1. The van der Waals surface area contributed by atoms with Gasteiger partial charge >= 0.3 is 5.97 Å². The molecule has 1 N–H and O–H groups in total. The molecule has 1 fully saturated rings. The van der Waals surface area contributed by atoms with Crippen molar-refractivity contribution in [3.63, 3.8) is 0 Å². The molecule has 0 aliphatic carbocycles. The summed E-state index contributed by atoms with van der Waals surface area (Å²) in [7, 11) is 0. The second kappa shape index (κ2) is 8.25. The van der Waals surface area contributed by atoms with E-state index < -0.39 is 5.97 Å². The maximum absolute atomic E-state index is 12.6. The highest BCUT2D eigenvalue weighted by atomic mass is 16.4. The van der Waals surface area contributed by atoms with Gasteiger partial charge in [-0.05, 0) is 46.2 Å². The Morgan fingerprint density at radius 3 is 2.15 bits per heavy atom. The third-order valence-corrected chi connectivity index (χ3v) is 4.26. The largest absolute Gasteiger partial charge is 0.480 e. The number of hydrogen-bond acceptors (Lipinski definition) is 3. The first-order chi connectivity index (χ1) is 9.47. The van der Waals surface area contributed by atoms with Gasteiger partial charge in [-0.2, -0.15) is 0 Å². The monoisotopic (exact) mass is 284 g/mol. The van der Waals surface area contributed by atoms with Crippen molar-refractivity contribution in [1.29, 1.82) is 0 Å². The maximum atomic E-state index is 12.6. The van der Waals surface area contributed by atoms with Crippen LogP contribution in [-0.2, 0) is 9.59 Å². The van der Waals surface area contributed by atoms with E-state index in [9.17, 15) is 9.59 Å². The fraction of sp³-hybridized carbons (Fsp3) is 0.867. The molecule has 20 heavy (non-hydrogen) atoms. The van der Waals surface area contributed by atoms with Gasteiger partial charge < -0.3 is 10.0 Å². The Balaban J connectivity index is 2.73. The number of carbonyl (C=O) groups is 2. The average Bonchev–Trinajstić information content (AvgIpc) is 2.71. The lowest BCUT2D eigenvalue weighted by molar-refractivity contribution is -0.148. The van der Waals surface area contributed by atoms with E-state index >= 15 is 0 Å². The number of nitrogens with zero attached hydrogens (tertiary/aromatic N) is 2. The predicted octanol–water partition coefficient (Wildman–Crippen LogP) is 1.96. The highest BCUT2D eigenvalue weighted by molar-refractivity contribution is 5.85. The average molecular weight is 284 g/mol. The van der Waals surface area contributed by atoms with Gasteiger partial charge in [0.25, 0.3) is 0 Å². The van der Waals surface area contributed by atoms with Gasteiger partial charge in [-0.3, -0.25) is 14.5 Å². The van der Waals surface area contributed by atoms with Crippen molar-refractivity contribution in [1.82, 2.24) is 9.80 Å². The molecule has 1 amide bonds. The van der Waals surface area contributed by atoms with Crippen molar-refractivity contribution in [2.75, 3.05) is 19.6 Å². The molecule has 0 aromatic rings. The second-order valence-electron chi connectivity index (χ2n) is 5.74. The molecule has 0 bridgehead atoms. The molecular weight excluding hydrogens is 256 g/mol. The molecule has 0 radical (unpaired) electrons. The van der Waals surface area contributed by atoms with E-state index in [-0.39, 0.29) is 24.5 Å². The smallest absolute Gasteiger partial charge is 0.323 e. The van der Waals surface area contributed by atoms with E-state index in [1.165, 1.54) is 17.7 Å². The summed E-state index contributed by atoms with van der Waals surface area (Å²) in [6.45, 7) is 7.47. The van der Waals surface area contributed by atoms with Crippen molar-refractivity contribution < 1.29 is 14.7 Å². The van der Waals surface area contributed by atoms with E-state index in [1.807, 2.05) is 20.8 Å². The number of carboxylic acids is 1. The van der Waals surface area contributed by atoms with Crippen LogP contribution in [0.2, 0.25) is 0 Å². The second-order valence-corrected chi connectivity index (χ2v) is 5.74. The summed E-state index contributed by atoms with van der Waals surface area (Å²) in [6, 6.07) is -0.255. The molecule has 0 unspecified atom stereocenters. The molecule has 1 rings (SSSR count). The summed E-state index contributed by atoms with van der Waals surface area (Å²) in [6.07, 6.45) is 5.47. The predicted molar refractivity (Wildman–Crippen MR) is 78.6 cm³/mol. The lowest BCUT2D eigenvalue weighted by Gasteiger charge is -2.34. The molecular formula is C15H28N2O3. The number of carbonyl (C=O) groups excluding carboxylic acids is 1. The first-order valence-corrected chi connectivity index (χ1v) is 7.73. The molecule has 116 valence electrons. The van der Waals surface area contributed by atoms with Crippen LogP contribution < -0.4 is 0 Å². The number of rotatable bonds is 6. The minimum atomic E-state index is -0.943. The van der Waals surface area contributed by atoms with Crippen LogP contribution >= 0.6 is 0 Å². The molecule has 0 aromatic carbocycles. The number of aliphatic carboxylic acids is 1. The molecule has 0 spiro atoms. The van der Waals surface area contributed by atoms with Crippen molar-refractivity contribution >= 4 is 11.9 Å². The summed E-state index contributed by atoms with van der Waals surface area (Å²) in [5.41, 5.74) is 0. The maximum Gasteiger partial charge on any atom is 0.323 e. The molecule has 0 saturated carbocycles. The van der Waals surface area contributed by atoms with Gasteiger partial charge in [-0.1, -0.05) is 19.8 Å². The van der Waals surface area contributed by atoms with E-state index in [1.54, 1.807) is 0 Å². The van der Waals surface area contributed by atoms with Gasteiger partial charge in [0, 0.05) is 6.04 Å². The molecule has 1 saturated heterocycles. The van der Waals surface area contributed by atoms with Crippen LogP contribution in [0.25, 0.3) is 0 Å². The summed E-state index contributed by atoms with van der Waals surface area (Å²) < 4.78 is 0. The molecule has 0 aromatic heterocycles. The lowest BCUT2D eigenvalue weighted by atomic mass is 10.1. The lowest BCUT2D eigenvalue weighted by Crippen LogP contribution is -2.51. The van der Waals surface area contributed by atoms with Crippen LogP contribution in [0.1, 0.15) is 52.9 Å². The van der Waals surface area contributed by atoms with Gasteiger partial charge in [-0.25, -0.2) is 0 Å².